The van der Waals surface area contributed by atoms with Crippen LogP contribution in [0.1, 0.15) is 23.2 Å². The summed E-state index contributed by atoms with van der Waals surface area (Å²) in [4.78, 5) is 32.5. The van der Waals surface area contributed by atoms with Gasteiger partial charge in [0, 0.05) is 25.0 Å². The number of anilines is 3. The molecule has 0 aliphatic carbocycles. The van der Waals surface area contributed by atoms with Crippen LogP contribution in [-0.2, 0) is 0 Å². The molecule has 3 aliphatic rings. The quantitative estimate of drug-likeness (QED) is 0.765. The molecule has 3 heterocycles. The van der Waals surface area contributed by atoms with Crippen LogP contribution in [0.5, 0.6) is 0 Å². The number of hydrogen-bond donors (Lipinski definition) is 1. The molecule has 0 saturated carbocycles. The maximum Gasteiger partial charge on any atom is 0.329 e. The third kappa shape index (κ3) is 2.67. The van der Waals surface area contributed by atoms with Gasteiger partial charge in [0.05, 0.1) is 22.6 Å². The van der Waals surface area contributed by atoms with E-state index >= 15 is 0 Å². The van der Waals surface area contributed by atoms with Crippen molar-refractivity contribution in [3.8, 4) is 0 Å². The third-order valence-corrected chi connectivity index (χ3v) is 6.31. The number of amides is 3. The van der Waals surface area contributed by atoms with Gasteiger partial charge in [-0.2, -0.15) is 0 Å². The molecule has 2 fully saturated rings. The van der Waals surface area contributed by atoms with Crippen LogP contribution in [0.25, 0.3) is 0 Å². The fourth-order valence-corrected chi connectivity index (χ4v) is 4.89. The van der Waals surface area contributed by atoms with Gasteiger partial charge >= 0.3 is 6.03 Å². The zero-order chi connectivity index (χ0) is 19.3. The van der Waals surface area contributed by atoms with Crippen LogP contribution in [0.4, 0.5) is 21.9 Å². The number of hydrogen-bond acceptors (Lipinski definition) is 3. The molecule has 5 rings (SSSR count). The summed E-state index contributed by atoms with van der Waals surface area (Å²) < 4.78 is 0. The lowest BCUT2D eigenvalue weighted by molar-refractivity contribution is 0.102. The average Bonchev–Trinajstić information content (AvgIpc) is 3.25. The summed E-state index contributed by atoms with van der Waals surface area (Å²) in [5.74, 6) is -0.186. The van der Waals surface area contributed by atoms with Crippen LogP contribution >= 0.6 is 0 Å². The van der Waals surface area contributed by atoms with Gasteiger partial charge in [-0.3, -0.25) is 9.69 Å². The normalized spacial score (nSPS) is 24.1. The molecule has 2 saturated heterocycles. The number of benzene rings is 2. The van der Waals surface area contributed by atoms with Crippen molar-refractivity contribution in [1.29, 1.82) is 0 Å². The zero-order valence-electron chi connectivity index (χ0n) is 16.0. The molecule has 144 valence electrons. The van der Waals surface area contributed by atoms with Crippen molar-refractivity contribution in [1.82, 2.24) is 9.80 Å². The summed E-state index contributed by atoms with van der Waals surface area (Å²) in [7, 11) is 2.15. The molecule has 1 N–H and O–H groups in total. The highest BCUT2D eigenvalue weighted by molar-refractivity contribution is 6.17. The number of nitrogens with zero attached hydrogens (tertiary/aromatic N) is 3. The number of carbonyl (C=O) groups excluding carboxylic acids is 2. The molecule has 1 atom stereocenters. The molecule has 0 aromatic heterocycles. The molecule has 0 radical (unpaired) electrons. The maximum absolute atomic E-state index is 13.7. The first-order valence-corrected chi connectivity index (χ1v) is 9.83. The zero-order valence-corrected chi connectivity index (χ0v) is 16.0. The van der Waals surface area contributed by atoms with E-state index in [9.17, 15) is 9.59 Å². The van der Waals surface area contributed by atoms with Crippen LogP contribution in [0.15, 0.2) is 48.5 Å². The minimum Gasteiger partial charge on any atom is -0.323 e. The summed E-state index contributed by atoms with van der Waals surface area (Å²) >= 11 is 0. The Morgan fingerprint density at radius 3 is 2.46 bits per heavy atom. The van der Waals surface area contributed by atoms with Crippen molar-refractivity contribution in [3.63, 3.8) is 0 Å². The Hall–Kier alpha value is -2.86. The fourth-order valence-electron chi connectivity index (χ4n) is 4.89. The third-order valence-electron chi connectivity index (χ3n) is 6.31. The Balaban J connectivity index is 1.55. The minimum absolute atomic E-state index is 0.0529. The molecule has 1 unspecified atom stereocenters. The molecule has 6 heteroatoms. The summed E-state index contributed by atoms with van der Waals surface area (Å²) in [6.45, 7) is 3.67. The SMILES string of the molecule is CN1CCC2(CCN(C(=O)N3c4ccccc4NC(=O)c4ccccc43)C2)C1. The van der Waals surface area contributed by atoms with Crippen LogP contribution in [0.2, 0.25) is 0 Å². The van der Waals surface area contributed by atoms with E-state index in [2.05, 4.69) is 17.3 Å². The monoisotopic (exact) mass is 376 g/mol. The van der Waals surface area contributed by atoms with Crippen molar-refractivity contribution in [2.24, 2.45) is 5.41 Å². The summed E-state index contributed by atoms with van der Waals surface area (Å²) in [5.41, 5.74) is 2.74. The minimum atomic E-state index is -0.186. The second kappa shape index (κ2) is 6.34. The van der Waals surface area contributed by atoms with E-state index in [0.717, 1.165) is 44.7 Å². The second-order valence-corrected chi connectivity index (χ2v) is 8.27. The van der Waals surface area contributed by atoms with Crippen molar-refractivity contribution < 1.29 is 9.59 Å². The van der Waals surface area contributed by atoms with Gasteiger partial charge in [0.25, 0.3) is 5.91 Å². The number of fused-ring (bicyclic) bond motifs is 2. The Bertz CT molecular complexity index is 959. The lowest BCUT2D eigenvalue weighted by Crippen LogP contribution is -2.41. The molecular formula is C22H24N4O2. The molecular weight excluding hydrogens is 352 g/mol. The van der Waals surface area contributed by atoms with Crippen molar-refractivity contribution >= 4 is 29.0 Å². The molecule has 2 aromatic rings. The number of nitrogens with one attached hydrogen (secondary N) is 1. The number of likely N-dealkylation sites (tertiary alicyclic amines) is 2. The fraction of sp³-hybridized carbons (Fsp3) is 0.364. The van der Waals surface area contributed by atoms with Gasteiger partial charge in [0.15, 0.2) is 0 Å². The smallest absolute Gasteiger partial charge is 0.323 e. The van der Waals surface area contributed by atoms with Gasteiger partial charge in [-0.05, 0) is 50.7 Å². The second-order valence-electron chi connectivity index (χ2n) is 8.27. The first-order chi connectivity index (χ1) is 13.6. The lowest BCUT2D eigenvalue weighted by Gasteiger charge is -2.30. The Morgan fingerprint density at radius 2 is 1.68 bits per heavy atom. The highest BCUT2D eigenvalue weighted by Crippen LogP contribution is 2.42. The molecule has 3 amide bonds. The Morgan fingerprint density at radius 1 is 0.964 bits per heavy atom. The Kier molecular flexibility index (Phi) is 3.91. The largest absolute Gasteiger partial charge is 0.329 e. The molecule has 28 heavy (non-hydrogen) atoms. The van der Waals surface area contributed by atoms with Crippen LogP contribution in [0.3, 0.4) is 0 Å². The first-order valence-electron chi connectivity index (χ1n) is 9.83. The van der Waals surface area contributed by atoms with Gasteiger partial charge < -0.3 is 15.1 Å². The maximum atomic E-state index is 13.7. The molecule has 2 aromatic carbocycles. The van der Waals surface area contributed by atoms with Crippen LogP contribution in [-0.4, -0.2) is 55.0 Å². The van der Waals surface area contributed by atoms with Crippen LogP contribution in [0, 0.1) is 5.41 Å². The van der Waals surface area contributed by atoms with E-state index in [1.807, 2.05) is 47.4 Å². The molecule has 1 spiro atoms. The summed E-state index contributed by atoms with van der Waals surface area (Å²) in [6, 6.07) is 14.8. The summed E-state index contributed by atoms with van der Waals surface area (Å²) in [6.07, 6.45) is 2.18. The number of urea groups is 1. The highest BCUT2D eigenvalue weighted by Gasteiger charge is 2.45. The van der Waals surface area contributed by atoms with Crippen LogP contribution < -0.4 is 10.2 Å². The van der Waals surface area contributed by atoms with Gasteiger partial charge in [0.1, 0.15) is 0 Å². The van der Waals surface area contributed by atoms with Crippen molar-refractivity contribution in [2.75, 3.05) is 43.4 Å². The van der Waals surface area contributed by atoms with Crippen molar-refractivity contribution in [2.45, 2.75) is 12.8 Å². The number of rotatable bonds is 0. The van der Waals surface area contributed by atoms with Gasteiger partial charge in [0.2, 0.25) is 0 Å². The van der Waals surface area contributed by atoms with Gasteiger partial charge in [-0.1, -0.05) is 24.3 Å². The predicted molar refractivity (Wildman–Crippen MR) is 109 cm³/mol. The van der Waals surface area contributed by atoms with E-state index in [1.165, 1.54) is 0 Å². The standard InChI is InChI=1S/C22H24N4O2/c1-24-12-10-22(14-24)11-13-25(15-22)21(28)26-18-8-4-2-6-16(18)20(27)23-17-7-3-5-9-19(17)26/h2-9H,10-15H2,1H3,(H,23,27). The lowest BCUT2D eigenvalue weighted by atomic mass is 9.86. The molecule has 3 aliphatic heterocycles. The van der Waals surface area contributed by atoms with E-state index in [1.54, 1.807) is 11.0 Å². The highest BCUT2D eigenvalue weighted by atomic mass is 16.2. The van der Waals surface area contributed by atoms with E-state index in [-0.39, 0.29) is 17.4 Å². The molecule has 6 nitrogen and oxygen atoms in total. The van der Waals surface area contributed by atoms with E-state index in [0.29, 0.717) is 16.9 Å². The average molecular weight is 376 g/mol. The molecule has 0 bridgehead atoms. The topological polar surface area (TPSA) is 55.9 Å². The van der Waals surface area contributed by atoms with Gasteiger partial charge in [-0.25, -0.2) is 4.79 Å². The predicted octanol–water partition coefficient (Wildman–Crippen LogP) is 3.54. The summed E-state index contributed by atoms with van der Waals surface area (Å²) in [5, 5.41) is 2.95. The van der Waals surface area contributed by atoms with E-state index < -0.39 is 0 Å². The van der Waals surface area contributed by atoms with Crippen molar-refractivity contribution in [3.05, 3.63) is 54.1 Å². The van der Waals surface area contributed by atoms with E-state index in [4.69, 9.17) is 0 Å². The number of carbonyl (C=O) groups is 2. The Labute approximate surface area is 164 Å². The number of para-hydroxylation sites is 3. The van der Waals surface area contributed by atoms with Gasteiger partial charge in [-0.15, -0.1) is 0 Å². The first kappa shape index (κ1) is 17.3.